The van der Waals surface area contributed by atoms with Crippen molar-refractivity contribution in [2.75, 3.05) is 18.5 Å². The molecular formula is C20H20ClN5O3. The number of benzene rings is 2. The van der Waals surface area contributed by atoms with Gasteiger partial charge < -0.3 is 14.8 Å². The van der Waals surface area contributed by atoms with Crippen molar-refractivity contribution in [1.29, 1.82) is 0 Å². The second kappa shape index (κ2) is 8.08. The molecule has 0 spiro atoms. The minimum Gasteiger partial charge on any atom is -0.486 e. The number of nitrogens with zero attached hydrogens (tertiary/aromatic N) is 4. The molecule has 3 aromatic rings. The predicted octanol–water partition coefficient (Wildman–Crippen LogP) is 3.60. The lowest BCUT2D eigenvalue weighted by molar-refractivity contribution is -0.121. The fraction of sp³-hybridized carbons (Fsp3) is 0.300. The molecule has 1 aliphatic heterocycles. The van der Waals surface area contributed by atoms with Crippen LogP contribution in [0.2, 0.25) is 5.02 Å². The van der Waals surface area contributed by atoms with Crippen molar-refractivity contribution in [2.24, 2.45) is 5.92 Å². The van der Waals surface area contributed by atoms with Gasteiger partial charge in [0, 0.05) is 17.7 Å². The van der Waals surface area contributed by atoms with Crippen LogP contribution in [0.1, 0.15) is 19.9 Å². The van der Waals surface area contributed by atoms with Gasteiger partial charge in [0.1, 0.15) is 13.2 Å². The normalized spacial score (nSPS) is 13.9. The summed E-state index contributed by atoms with van der Waals surface area (Å²) in [7, 11) is 0. The first-order chi connectivity index (χ1) is 14.0. The van der Waals surface area contributed by atoms with Gasteiger partial charge in [0.05, 0.1) is 10.7 Å². The highest BCUT2D eigenvalue weighted by molar-refractivity contribution is 6.34. The van der Waals surface area contributed by atoms with Crippen LogP contribution in [0, 0.1) is 5.92 Å². The zero-order valence-electron chi connectivity index (χ0n) is 16.0. The Labute approximate surface area is 172 Å². The van der Waals surface area contributed by atoms with E-state index in [1.807, 2.05) is 44.2 Å². The van der Waals surface area contributed by atoms with Gasteiger partial charge in [-0.15, -0.1) is 10.2 Å². The van der Waals surface area contributed by atoms with E-state index in [-0.39, 0.29) is 11.8 Å². The van der Waals surface area contributed by atoms with Crippen molar-refractivity contribution >= 4 is 23.2 Å². The summed E-state index contributed by atoms with van der Waals surface area (Å²) >= 11 is 6.32. The van der Waals surface area contributed by atoms with Crippen LogP contribution in [0.3, 0.4) is 0 Å². The number of anilines is 1. The second-order valence-electron chi connectivity index (χ2n) is 6.95. The number of hydrogen-bond donors (Lipinski definition) is 1. The van der Waals surface area contributed by atoms with Crippen molar-refractivity contribution in [3.05, 3.63) is 47.5 Å². The molecule has 150 valence electrons. The molecule has 1 amide bonds. The highest BCUT2D eigenvalue weighted by atomic mass is 35.5. The molecule has 29 heavy (non-hydrogen) atoms. The number of rotatable bonds is 5. The first kappa shape index (κ1) is 19.2. The quantitative estimate of drug-likeness (QED) is 0.687. The lowest BCUT2D eigenvalue weighted by atomic mass is 10.0. The Morgan fingerprint density at radius 3 is 2.52 bits per heavy atom. The third-order valence-corrected chi connectivity index (χ3v) is 4.81. The van der Waals surface area contributed by atoms with Crippen LogP contribution < -0.4 is 14.8 Å². The number of hydrogen-bond acceptors (Lipinski definition) is 6. The zero-order valence-corrected chi connectivity index (χ0v) is 16.8. The van der Waals surface area contributed by atoms with Crippen LogP contribution in [-0.2, 0) is 4.79 Å². The van der Waals surface area contributed by atoms with Crippen LogP contribution in [-0.4, -0.2) is 39.3 Å². The minimum atomic E-state index is -0.663. The fourth-order valence-corrected chi connectivity index (χ4v) is 3.29. The molecule has 0 fully saturated rings. The van der Waals surface area contributed by atoms with Crippen molar-refractivity contribution in [2.45, 2.75) is 19.9 Å². The average Bonchev–Trinajstić information content (AvgIpc) is 3.18. The van der Waals surface area contributed by atoms with E-state index in [9.17, 15) is 4.79 Å². The highest BCUT2D eigenvalue weighted by Crippen LogP contribution is 2.38. The number of fused-ring (bicyclic) bond motifs is 1. The molecule has 8 nitrogen and oxygen atoms in total. The van der Waals surface area contributed by atoms with E-state index in [0.29, 0.717) is 41.2 Å². The number of nitrogens with one attached hydrogen (secondary N) is 1. The highest BCUT2D eigenvalue weighted by Gasteiger charge is 2.28. The molecule has 1 aliphatic rings. The molecule has 4 rings (SSSR count). The molecule has 1 N–H and O–H groups in total. The first-order valence-electron chi connectivity index (χ1n) is 9.28. The molecule has 1 unspecified atom stereocenters. The van der Waals surface area contributed by atoms with Crippen LogP contribution >= 0.6 is 11.6 Å². The van der Waals surface area contributed by atoms with E-state index >= 15 is 0 Å². The Morgan fingerprint density at radius 2 is 1.83 bits per heavy atom. The largest absolute Gasteiger partial charge is 0.486 e. The summed E-state index contributed by atoms with van der Waals surface area (Å²) in [5.74, 6) is 1.19. The van der Waals surface area contributed by atoms with E-state index < -0.39 is 6.04 Å². The molecule has 0 bridgehead atoms. The van der Waals surface area contributed by atoms with E-state index in [4.69, 9.17) is 21.1 Å². The van der Waals surface area contributed by atoms with Gasteiger partial charge in [-0.1, -0.05) is 55.8 Å². The van der Waals surface area contributed by atoms with Gasteiger partial charge in [-0.2, -0.15) is 4.80 Å². The van der Waals surface area contributed by atoms with Gasteiger partial charge in [-0.25, -0.2) is 0 Å². The van der Waals surface area contributed by atoms with Gasteiger partial charge in [0.25, 0.3) is 5.91 Å². The molecular weight excluding hydrogens is 394 g/mol. The monoisotopic (exact) mass is 413 g/mol. The fourth-order valence-electron chi connectivity index (χ4n) is 3.09. The molecule has 2 aromatic carbocycles. The number of ether oxygens (including phenoxy) is 2. The summed E-state index contributed by atoms with van der Waals surface area (Å²) in [6.45, 7) is 4.75. The lowest BCUT2D eigenvalue weighted by Crippen LogP contribution is -2.31. The standard InChI is InChI=1S/C20H20ClN5O3/c1-12(2)18(26-24-19(23-25-26)13-6-4-3-5-7-13)20(27)22-15-11-17-16(10-14(15)21)28-8-9-29-17/h3-7,10-12,18H,8-9H2,1-2H3,(H,22,27). The number of tetrazole rings is 1. The van der Waals surface area contributed by atoms with Gasteiger partial charge >= 0.3 is 0 Å². The van der Waals surface area contributed by atoms with E-state index in [1.54, 1.807) is 12.1 Å². The molecule has 2 heterocycles. The third kappa shape index (κ3) is 4.02. The van der Waals surface area contributed by atoms with E-state index in [0.717, 1.165) is 5.56 Å². The smallest absolute Gasteiger partial charge is 0.251 e. The number of aromatic nitrogens is 4. The number of halogens is 1. The average molecular weight is 414 g/mol. The lowest BCUT2D eigenvalue weighted by Gasteiger charge is -2.22. The van der Waals surface area contributed by atoms with Crippen LogP contribution in [0.5, 0.6) is 11.5 Å². The molecule has 0 aliphatic carbocycles. The number of carbonyl (C=O) groups excluding carboxylic acids is 1. The zero-order chi connectivity index (χ0) is 20.4. The predicted molar refractivity (Wildman–Crippen MR) is 108 cm³/mol. The van der Waals surface area contributed by atoms with Gasteiger partial charge in [-0.05, 0) is 11.1 Å². The SMILES string of the molecule is CC(C)C(C(=O)Nc1cc2c(cc1Cl)OCCO2)n1nnc(-c2ccccc2)n1. The van der Waals surface area contributed by atoms with Crippen LogP contribution in [0.25, 0.3) is 11.4 Å². The summed E-state index contributed by atoms with van der Waals surface area (Å²) in [6, 6.07) is 12.1. The molecule has 0 saturated heterocycles. The maximum atomic E-state index is 13.1. The van der Waals surface area contributed by atoms with Gasteiger partial charge in [0.15, 0.2) is 17.5 Å². The summed E-state index contributed by atoms with van der Waals surface area (Å²) in [6.07, 6.45) is 0. The first-order valence-corrected chi connectivity index (χ1v) is 9.65. The maximum absolute atomic E-state index is 13.1. The Balaban J connectivity index is 1.58. The second-order valence-corrected chi connectivity index (χ2v) is 7.36. The molecule has 1 aromatic heterocycles. The van der Waals surface area contributed by atoms with Crippen LogP contribution in [0.15, 0.2) is 42.5 Å². The summed E-state index contributed by atoms with van der Waals surface area (Å²) < 4.78 is 11.1. The maximum Gasteiger partial charge on any atom is 0.251 e. The summed E-state index contributed by atoms with van der Waals surface area (Å²) in [5, 5.41) is 15.8. The van der Waals surface area contributed by atoms with Gasteiger partial charge in [0.2, 0.25) is 5.82 Å². The number of amides is 1. The summed E-state index contributed by atoms with van der Waals surface area (Å²) in [5.41, 5.74) is 1.27. The molecule has 0 saturated carbocycles. The van der Waals surface area contributed by atoms with Crippen molar-refractivity contribution < 1.29 is 14.3 Å². The Morgan fingerprint density at radius 1 is 1.14 bits per heavy atom. The van der Waals surface area contributed by atoms with Crippen LogP contribution in [0.4, 0.5) is 5.69 Å². The van der Waals surface area contributed by atoms with Crippen molar-refractivity contribution in [3.8, 4) is 22.9 Å². The summed E-state index contributed by atoms with van der Waals surface area (Å²) in [4.78, 5) is 14.4. The van der Waals surface area contributed by atoms with Crippen molar-refractivity contribution in [3.63, 3.8) is 0 Å². The number of carbonyl (C=O) groups is 1. The topological polar surface area (TPSA) is 91.2 Å². The Bertz CT molecular complexity index is 1020. The Hall–Kier alpha value is -3.13. The minimum absolute atomic E-state index is 0.0798. The Kier molecular flexibility index (Phi) is 5.35. The van der Waals surface area contributed by atoms with E-state index in [2.05, 4.69) is 20.7 Å². The molecule has 1 atom stereocenters. The van der Waals surface area contributed by atoms with Gasteiger partial charge in [-0.3, -0.25) is 4.79 Å². The third-order valence-electron chi connectivity index (χ3n) is 4.50. The van der Waals surface area contributed by atoms with Crippen molar-refractivity contribution in [1.82, 2.24) is 20.2 Å². The molecule has 9 heteroatoms. The van der Waals surface area contributed by atoms with E-state index in [1.165, 1.54) is 4.80 Å². The molecule has 0 radical (unpaired) electrons.